The summed E-state index contributed by atoms with van der Waals surface area (Å²) in [6.45, 7) is 2.84. The lowest BCUT2D eigenvalue weighted by atomic mass is 10.0. The van der Waals surface area contributed by atoms with E-state index in [1.165, 1.54) is 43.6 Å². The molecule has 1 aromatic rings. The van der Waals surface area contributed by atoms with Gasteiger partial charge in [0, 0.05) is 18.5 Å². The van der Waals surface area contributed by atoms with Crippen molar-refractivity contribution in [3.8, 4) is 0 Å². The summed E-state index contributed by atoms with van der Waals surface area (Å²) in [5.74, 6) is 0. The molecule has 2 rings (SSSR count). The van der Waals surface area contributed by atoms with E-state index in [1.54, 1.807) is 0 Å². The summed E-state index contributed by atoms with van der Waals surface area (Å²) in [6.07, 6.45) is 6.70. The smallest absolute Gasteiger partial charge is 0.0893 e. The van der Waals surface area contributed by atoms with E-state index >= 15 is 0 Å². The molecule has 0 radical (unpaired) electrons. The van der Waals surface area contributed by atoms with Crippen molar-refractivity contribution in [2.75, 3.05) is 13.2 Å². The lowest BCUT2D eigenvalue weighted by molar-refractivity contribution is 0.0102. The molecule has 5 heteroatoms. The SMILES string of the molecule is c1snnc1CNCCCC1CCCCO1. The van der Waals surface area contributed by atoms with Gasteiger partial charge in [-0.1, -0.05) is 4.49 Å². The molecule has 90 valence electrons. The number of aromatic nitrogens is 2. The fourth-order valence-electron chi connectivity index (χ4n) is 1.97. The van der Waals surface area contributed by atoms with Gasteiger partial charge < -0.3 is 10.1 Å². The molecule has 1 N–H and O–H groups in total. The minimum atomic E-state index is 0.511. The van der Waals surface area contributed by atoms with Crippen LogP contribution in [0.15, 0.2) is 5.38 Å². The molecule has 1 aliphatic heterocycles. The Balaban J connectivity index is 1.48. The summed E-state index contributed by atoms with van der Waals surface area (Å²) in [6, 6.07) is 0. The highest BCUT2D eigenvalue weighted by Gasteiger charge is 2.12. The van der Waals surface area contributed by atoms with E-state index in [1.807, 2.05) is 5.38 Å². The van der Waals surface area contributed by atoms with Crippen LogP contribution in [0.2, 0.25) is 0 Å². The van der Waals surface area contributed by atoms with Crippen LogP contribution in [0.25, 0.3) is 0 Å². The molecule has 0 aromatic carbocycles. The minimum Gasteiger partial charge on any atom is -0.378 e. The Morgan fingerprint density at radius 1 is 1.50 bits per heavy atom. The van der Waals surface area contributed by atoms with Crippen LogP contribution in [0.1, 0.15) is 37.8 Å². The zero-order chi connectivity index (χ0) is 11.1. The Kier molecular flexibility index (Phi) is 5.18. The number of ether oxygens (including phenoxy) is 1. The zero-order valence-electron chi connectivity index (χ0n) is 9.52. The molecule has 1 fully saturated rings. The van der Waals surface area contributed by atoms with Crippen LogP contribution in [0, 0.1) is 0 Å². The van der Waals surface area contributed by atoms with Crippen LogP contribution >= 0.6 is 11.5 Å². The van der Waals surface area contributed by atoms with Gasteiger partial charge in [0.25, 0.3) is 0 Å². The molecule has 1 atom stereocenters. The lowest BCUT2D eigenvalue weighted by Crippen LogP contribution is -2.21. The molecule has 0 spiro atoms. The summed E-state index contributed by atoms with van der Waals surface area (Å²) in [7, 11) is 0. The Morgan fingerprint density at radius 3 is 3.25 bits per heavy atom. The molecule has 4 nitrogen and oxygen atoms in total. The average molecular weight is 241 g/mol. The standard InChI is InChI=1S/C11H19N3OS/c1-2-7-15-11(4-1)5-3-6-12-8-10-9-16-14-13-10/h9,11-12H,1-8H2. The molecule has 1 saturated heterocycles. The maximum atomic E-state index is 5.68. The molecule has 0 aliphatic carbocycles. The Bertz CT molecular complexity index is 273. The molecule has 1 aromatic heterocycles. The fourth-order valence-corrected chi connectivity index (χ4v) is 2.42. The molecular weight excluding hydrogens is 222 g/mol. The van der Waals surface area contributed by atoms with E-state index in [9.17, 15) is 0 Å². The lowest BCUT2D eigenvalue weighted by Gasteiger charge is -2.22. The van der Waals surface area contributed by atoms with Crippen molar-refractivity contribution in [3.63, 3.8) is 0 Å². The van der Waals surface area contributed by atoms with Gasteiger partial charge in [-0.15, -0.1) is 5.10 Å². The van der Waals surface area contributed by atoms with Crippen LogP contribution in [-0.2, 0) is 11.3 Å². The second-order valence-corrected chi connectivity index (χ2v) is 4.81. The van der Waals surface area contributed by atoms with Crippen molar-refractivity contribution >= 4 is 11.5 Å². The fraction of sp³-hybridized carbons (Fsp3) is 0.818. The van der Waals surface area contributed by atoms with E-state index in [2.05, 4.69) is 14.9 Å². The normalized spacial score (nSPS) is 21.1. The Hall–Kier alpha value is -0.520. The predicted molar refractivity (Wildman–Crippen MR) is 64.4 cm³/mol. The predicted octanol–water partition coefficient (Wildman–Crippen LogP) is 1.98. The molecule has 0 amide bonds. The minimum absolute atomic E-state index is 0.511. The molecule has 2 heterocycles. The number of hydrogen-bond donors (Lipinski definition) is 1. The van der Waals surface area contributed by atoms with Crippen LogP contribution in [0.3, 0.4) is 0 Å². The van der Waals surface area contributed by atoms with E-state index in [-0.39, 0.29) is 0 Å². The van der Waals surface area contributed by atoms with Gasteiger partial charge in [0.2, 0.25) is 0 Å². The van der Waals surface area contributed by atoms with Crippen LogP contribution in [0.5, 0.6) is 0 Å². The highest BCUT2D eigenvalue weighted by Crippen LogP contribution is 2.16. The summed E-state index contributed by atoms with van der Waals surface area (Å²) < 4.78 is 9.51. The molecule has 0 bridgehead atoms. The van der Waals surface area contributed by atoms with Gasteiger partial charge in [0.1, 0.15) is 0 Å². The number of nitrogens with zero attached hydrogens (tertiary/aromatic N) is 2. The molecular formula is C11H19N3OS. The van der Waals surface area contributed by atoms with Crippen LogP contribution in [0.4, 0.5) is 0 Å². The monoisotopic (exact) mass is 241 g/mol. The van der Waals surface area contributed by atoms with Crippen LogP contribution in [-0.4, -0.2) is 28.8 Å². The molecule has 1 unspecified atom stereocenters. The second-order valence-electron chi connectivity index (χ2n) is 4.20. The van der Waals surface area contributed by atoms with Gasteiger partial charge in [-0.25, -0.2) is 0 Å². The van der Waals surface area contributed by atoms with Gasteiger partial charge >= 0.3 is 0 Å². The van der Waals surface area contributed by atoms with Gasteiger partial charge in [-0.3, -0.25) is 0 Å². The van der Waals surface area contributed by atoms with Crippen molar-refractivity contribution in [2.45, 2.75) is 44.8 Å². The first-order valence-electron chi connectivity index (χ1n) is 6.03. The largest absolute Gasteiger partial charge is 0.378 e. The third kappa shape index (κ3) is 4.15. The summed E-state index contributed by atoms with van der Waals surface area (Å²) in [4.78, 5) is 0. The van der Waals surface area contributed by atoms with Crippen molar-refractivity contribution < 1.29 is 4.74 Å². The van der Waals surface area contributed by atoms with Crippen molar-refractivity contribution in [2.24, 2.45) is 0 Å². The van der Waals surface area contributed by atoms with Gasteiger partial charge in [-0.05, 0) is 50.2 Å². The highest BCUT2D eigenvalue weighted by molar-refractivity contribution is 7.03. The maximum Gasteiger partial charge on any atom is 0.0893 e. The van der Waals surface area contributed by atoms with Gasteiger partial charge in [-0.2, -0.15) is 0 Å². The van der Waals surface area contributed by atoms with E-state index < -0.39 is 0 Å². The third-order valence-corrected chi connectivity index (χ3v) is 3.42. The first-order chi connectivity index (χ1) is 7.95. The van der Waals surface area contributed by atoms with E-state index in [4.69, 9.17) is 4.74 Å². The molecule has 0 saturated carbocycles. The Labute approximate surface area is 101 Å². The third-order valence-electron chi connectivity index (χ3n) is 2.86. The number of nitrogens with one attached hydrogen (secondary N) is 1. The first kappa shape index (κ1) is 12.0. The van der Waals surface area contributed by atoms with E-state index in [0.29, 0.717) is 6.10 Å². The van der Waals surface area contributed by atoms with Gasteiger partial charge in [0.05, 0.1) is 11.8 Å². The van der Waals surface area contributed by atoms with Crippen LogP contribution < -0.4 is 5.32 Å². The second kappa shape index (κ2) is 6.93. The summed E-state index contributed by atoms with van der Waals surface area (Å²) in [5, 5.41) is 9.34. The quantitative estimate of drug-likeness (QED) is 0.774. The first-order valence-corrected chi connectivity index (χ1v) is 6.87. The summed E-state index contributed by atoms with van der Waals surface area (Å²) >= 11 is 1.40. The summed E-state index contributed by atoms with van der Waals surface area (Å²) in [5.41, 5.74) is 1.04. The Morgan fingerprint density at radius 2 is 2.50 bits per heavy atom. The van der Waals surface area contributed by atoms with Crippen molar-refractivity contribution in [1.82, 2.24) is 14.9 Å². The molecule has 1 aliphatic rings. The van der Waals surface area contributed by atoms with Crippen molar-refractivity contribution in [3.05, 3.63) is 11.1 Å². The average Bonchev–Trinajstić information content (AvgIpc) is 2.83. The maximum absolute atomic E-state index is 5.68. The number of rotatable bonds is 6. The highest BCUT2D eigenvalue weighted by atomic mass is 32.1. The number of hydrogen-bond acceptors (Lipinski definition) is 5. The van der Waals surface area contributed by atoms with Gasteiger partial charge in [0.15, 0.2) is 0 Å². The van der Waals surface area contributed by atoms with E-state index in [0.717, 1.165) is 25.4 Å². The zero-order valence-corrected chi connectivity index (χ0v) is 10.3. The topological polar surface area (TPSA) is 47.0 Å². The van der Waals surface area contributed by atoms with Crippen molar-refractivity contribution in [1.29, 1.82) is 0 Å². The molecule has 16 heavy (non-hydrogen) atoms.